The Balaban J connectivity index is 1.69. The van der Waals surface area contributed by atoms with Crippen LogP contribution in [0, 0.1) is 6.92 Å². The first-order chi connectivity index (χ1) is 8.24. The predicted octanol–water partition coefficient (Wildman–Crippen LogP) is 3.45. The molecule has 0 aromatic carbocycles. The van der Waals surface area contributed by atoms with Crippen molar-refractivity contribution in [2.24, 2.45) is 0 Å². The van der Waals surface area contributed by atoms with Gasteiger partial charge in [0.1, 0.15) is 0 Å². The molecule has 17 heavy (non-hydrogen) atoms. The Hall–Kier alpha value is -0.300. The summed E-state index contributed by atoms with van der Waals surface area (Å²) in [6.45, 7) is 2.89. The number of aromatic nitrogens is 2. The Morgan fingerprint density at radius 3 is 3.24 bits per heavy atom. The standard InChI is InChI=1S/C11H12BrN3S2/c1-6-10(17-15-14-6)5-13-8-2-3-9-7(8)4-11(12)16-9/h4,8,13H,2-3,5H2,1H3. The van der Waals surface area contributed by atoms with Gasteiger partial charge in [-0.15, -0.1) is 16.4 Å². The molecule has 0 spiro atoms. The zero-order valence-corrected chi connectivity index (χ0v) is 12.6. The van der Waals surface area contributed by atoms with Gasteiger partial charge in [-0.1, -0.05) is 4.49 Å². The second-order valence-electron chi connectivity index (χ2n) is 4.18. The van der Waals surface area contributed by atoms with Crippen LogP contribution in [0.5, 0.6) is 0 Å². The molecule has 1 unspecified atom stereocenters. The molecule has 1 aliphatic rings. The average molecular weight is 330 g/mol. The van der Waals surface area contributed by atoms with Crippen molar-refractivity contribution in [1.29, 1.82) is 0 Å². The van der Waals surface area contributed by atoms with Crippen LogP contribution >= 0.6 is 38.8 Å². The number of halogens is 1. The van der Waals surface area contributed by atoms with Gasteiger partial charge in [-0.2, -0.15) is 0 Å². The van der Waals surface area contributed by atoms with Crippen LogP contribution in [-0.2, 0) is 13.0 Å². The highest BCUT2D eigenvalue weighted by Gasteiger charge is 2.24. The fourth-order valence-corrected chi connectivity index (χ4v) is 4.55. The third-order valence-electron chi connectivity index (χ3n) is 3.10. The maximum atomic E-state index is 4.03. The Labute approximate surface area is 117 Å². The van der Waals surface area contributed by atoms with E-state index in [1.807, 2.05) is 18.3 Å². The lowest BCUT2D eigenvalue weighted by Gasteiger charge is -2.11. The number of rotatable bonds is 3. The van der Waals surface area contributed by atoms with Crippen molar-refractivity contribution in [2.45, 2.75) is 32.4 Å². The van der Waals surface area contributed by atoms with Crippen LogP contribution in [0.4, 0.5) is 0 Å². The molecule has 1 atom stereocenters. The van der Waals surface area contributed by atoms with Gasteiger partial charge in [0, 0.05) is 17.5 Å². The van der Waals surface area contributed by atoms with E-state index in [1.54, 1.807) is 0 Å². The van der Waals surface area contributed by atoms with Crippen molar-refractivity contribution in [3.8, 4) is 0 Å². The Morgan fingerprint density at radius 2 is 2.47 bits per heavy atom. The molecule has 3 rings (SSSR count). The second kappa shape index (κ2) is 4.76. The van der Waals surface area contributed by atoms with E-state index in [4.69, 9.17) is 0 Å². The lowest BCUT2D eigenvalue weighted by Crippen LogP contribution is -2.18. The van der Waals surface area contributed by atoms with Crippen molar-refractivity contribution in [2.75, 3.05) is 0 Å². The van der Waals surface area contributed by atoms with E-state index in [0.29, 0.717) is 6.04 Å². The van der Waals surface area contributed by atoms with Gasteiger partial charge in [0.05, 0.1) is 14.4 Å². The van der Waals surface area contributed by atoms with Crippen LogP contribution in [-0.4, -0.2) is 9.59 Å². The minimum absolute atomic E-state index is 0.494. The molecule has 2 aromatic rings. The molecule has 2 aromatic heterocycles. The molecule has 0 saturated heterocycles. The van der Waals surface area contributed by atoms with Crippen molar-refractivity contribution in [1.82, 2.24) is 14.9 Å². The van der Waals surface area contributed by atoms with Crippen molar-refractivity contribution >= 4 is 38.8 Å². The molecular weight excluding hydrogens is 318 g/mol. The highest BCUT2D eigenvalue weighted by Crippen LogP contribution is 2.39. The van der Waals surface area contributed by atoms with Crippen LogP contribution in [0.3, 0.4) is 0 Å². The van der Waals surface area contributed by atoms with Gasteiger partial charge < -0.3 is 5.32 Å². The molecule has 0 saturated carbocycles. The monoisotopic (exact) mass is 329 g/mol. The molecule has 0 aliphatic heterocycles. The number of hydrogen-bond donors (Lipinski definition) is 1. The maximum absolute atomic E-state index is 4.03. The first-order valence-corrected chi connectivity index (χ1v) is 7.91. The molecule has 2 heterocycles. The molecular formula is C11H12BrN3S2. The smallest absolute Gasteiger partial charge is 0.0769 e. The summed E-state index contributed by atoms with van der Waals surface area (Å²) < 4.78 is 5.20. The number of aryl methyl sites for hydroxylation is 2. The van der Waals surface area contributed by atoms with Gasteiger partial charge >= 0.3 is 0 Å². The van der Waals surface area contributed by atoms with E-state index in [9.17, 15) is 0 Å². The fraction of sp³-hybridized carbons (Fsp3) is 0.455. The normalized spacial score (nSPS) is 18.6. The number of hydrogen-bond acceptors (Lipinski definition) is 5. The fourth-order valence-electron chi connectivity index (χ4n) is 2.17. The maximum Gasteiger partial charge on any atom is 0.0769 e. The van der Waals surface area contributed by atoms with Crippen molar-refractivity contribution < 1.29 is 0 Å². The summed E-state index contributed by atoms with van der Waals surface area (Å²) >= 11 is 6.91. The summed E-state index contributed by atoms with van der Waals surface area (Å²) in [7, 11) is 0. The minimum Gasteiger partial charge on any atom is -0.305 e. The molecule has 1 N–H and O–H groups in total. The Kier molecular flexibility index (Phi) is 3.30. The average Bonchev–Trinajstić information content (AvgIpc) is 2.93. The molecule has 6 heteroatoms. The van der Waals surface area contributed by atoms with E-state index in [2.05, 4.69) is 36.9 Å². The largest absolute Gasteiger partial charge is 0.305 e. The van der Waals surface area contributed by atoms with Crippen molar-refractivity contribution in [3.05, 3.63) is 30.9 Å². The van der Waals surface area contributed by atoms with E-state index < -0.39 is 0 Å². The zero-order valence-electron chi connectivity index (χ0n) is 9.36. The first-order valence-electron chi connectivity index (χ1n) is 5.53. The number of nitrogens with zero attached hydrogens (tertiary/aromatic N) is 2. The summed E-state index contributed by atoms with van der Waals surface area (Å²) in [4.78, 5) is 2.77. The molecule has 1 aliphatic carbocycles. The highest BCUT2D eigenvalue weighted by atomic mass is 79.9. The van der Waals surface area contributed by atoms with E-state index >= 15 is 0 Å². The van der Waals surface area contributed by atoms with Gasteiger partial charge in [-0.05, 0) is 58.9 Å². The third kappa shape index (κ3) is 2.31. The minimum atomic E-state index is 0.494. The molecule has 3 nitrogen and oxygen atoms in total. The summed E-state index contributed by atoms with van der Waals surface area (Å²) in [5, 5.41) is 7.64. The van der Waals surface area contributed by atoms with Crippen LogP contribution in [0.25, 0.3) is 0 Å². The molecule has 0 amide bonds. The van der Waals surface area contributed by atoms with Crippen LogP contribution < -0.4 is 5.32 Å². The lowest BCUT2D eigenvalue weighted by molar-refractivity contribution is 0.532. The highest BCUT2D eigenvalue weighted by molar-refractivity contribution is 9.11. The number of thiophene rings is 1. The lowest BCUT2D eigenvalue weighted by atomic mass is 10.2. The van der Waals surface area contributed by atoms with E-state index in [1.165, 1.54) is 43.5 Å². The van der Waals surface area contributed by atoms with Crippen LogP contribution in [0.15, 0.2) is 9.85 Å². The van der Waals surface area contributed by atoms with Gasteiger partial charge in [0.15, 0.2) is 0 Å². The molecule has 0 radical (unpaired) electrons. The molecule has 0 bridgehead atoms. The third-order valence-corrected chi connectivity index (χ3v) is 5.64. The van der Waals surface area contributed by atoms with Crippen molar-refractivity contribution in [3.63, 3.8) is 0 Å². The summed E-state index contributed by atoms with van der Waals surface area (Å²) in [5.74, 6) is 0. The summed E-state index contributed by atoms with van der Waals surface area (Å²) in [6, 6.07) is 2.75. The predicted molar refractivity (Wildman–Crippen MR) is 74.6 cm³/mol. The second-order valence-corrected chi connectivity index (χ2v) is 7.54. The molecule has 0 fully saturated rings. The van der Waals surface area contributed by atoms with E-state index in [0.717, 1.165) is 12.2 Å². The number of nitrogens with one attached hydrogen (secondary N) is 1. The topological polar surface area (TPSA) is 37.8 Å². The Bertz CT molecular complexity index is 535. The summed E-state index contributed by atoms with van der Waals surface area (Å²) in [5.41, 5.74) is 2.52. The zero-order chi connectivity index (χ0) is 11.8. The summed E-state index contributed by atoms with van der Waals surface area (Å²) in [6.07, 6.45) is 2.41. The quantitative estimate of drug-likeness (QED) is 0.937. The SMILES string of the molecule is Cc1nnsc1CNC1CCc2sc(Br)cc21. The van der Waals surface area contributed by atoms with Crippen LogP contribution in [0.1, 0.15) is 33.5 Å². The number of fused-ring (bicyclic) bond motifs is 1. The van der Waals surface area contributed by atoms with Gasteiger partial charge in [0.2, 0.25) is 0 Å². The van der Waals surface area contributed by atoms with E-state index in [-0.39, 0.29) is 0 Å². The first kappa shape index (κ1) is 11.8. The van der Waals surface area contributed by atoms with Gasteiger partial charge in [-0.3, -0.25) is 0 Å². The van der Waals surface area contributed by atoms with Gasteiger partial charge in [0.25, 0.3) is 0 Å². The van der Waals surface area contributed by atoms with Crippen LogP contribution in [0.2, 0.25) is 0 Å². The molecule has 90 valence electrons. The Morgan fingerprint density at radius 1 is 1.59 bits per heavy atom. The van der Waals surface area contributed by atoms with Gasteiger partial charge in [-0.25, -0.2) is 0 Å².